The van der Waals surface area contributed by atoms with Gasteiger partial charge in [0.1, 0.15) is 6.17 Å². The molecule has 168 valence electrons. The Morgan fingerprint density at radius 3 is 2.34 bits per heavy atom. The van der Waals surface area contributed by atoms with Gasteiger partial charge in [0.15, 0.2) is 5.78 Å². The molecule has 2 atom stereocenters. The quantitative estimate of drug-likeness (QED) is 0.441. The van der Waals surface area contributed by atoms with Crippen LogP contribution in [0.15, 0.2) is 42.7 Å². The zero-order valence-electron chi connectivity index (χ0n) is 18.6. The lowest BCUT2D eigenvalue weighted by atomic mass is 10.0. The van der Waals surface area contributed by atoms with Crippen LogP contribution in [0.1, 0.15) is 60.7 Å². The molecule has 32 heavy (non-hydrogen) atoms. The maximum Gasteiger partial charge on any atom is 0.252 e. The van der Waals surface area contributed by atoms with E-state index in [4.69, 9.17) is 5.73 Å². The molecule has 1 amide bonds. The number of carbonyl (C=O) groups is 2. The Hall–Kier alpha value is -3.66. The molecule has 0 unspecified atom stereocenters. The van der Waals surface area contributed by atoms with E-state index in [1.165, 1.54) is 13.1 Å². The van der Waals surface area contributed by atoms with Crippen LogP contribution in [-0.2, 0) is 0 Å². The number of amides is 1. The highest BCUT2D eigenvalue weighted by molar-refractivity contribution is 6.02. The number of anilines is 1. The smallest absolute Gasteiger partial charge is 0.252 e. The first-order valence-corrected chi connectivity index (χ1v) is 10.6. The van der Waals surface area contributed by atoms with Crippen molar-refractivity contribution < 1.29 is 14.0 Å². The van der Waals surface area contributed by atoms with Crippen LogP contribution < -0.4 is 11.1 Å². The maximum absolute atomic E-state index is 14.2. The van der Waals surface area contributed by atoms with Crippen molar-refractivity contribution in [2.75, 3.05) is 5.32 Å². The number of hydrogen-bond donors (Lipinski definition) is 2. The first kappa shape index (κ1) is 24.6. The number of aromatic nitrogens is 2. The third-order valence-electron chi connectivity index (χ3n) is 5.29. The monoisotopic (exact) mass is 436 g/mol. The number of halogens is 1. The van der Waals surface area contributed by atoms with E-state index < -0.39 is 12.1 Å². The van der Waals surface area contributed by atoms with E-state index in [0.29, 0.717) is 29.6 Å². The molecule has 2 heterocycles. The molecule has 0 radical (unpaired) electrons. The second-order valence-corrected chi connectivity index (χ2v) is 7.19. The Labute approximate surface area is 188 Å². The molecular weight excluding hydrogens is 407 g/mol. The highest BCUT2D eigenvalue weighted by Crippen LogP contribution is 2.32. The average Bonchev–Trinajstić information content (AvgIpc) is 3.43. The molecule has 0 saturated heterocycles. The van der Waals surface area contributed by atoms with Crippen LogP contribution in [-0.4, -0.2) is 33.5 Å². The molecule has 3 N–H and O–H groups in total. The molecule has 1 aliphatic carbocycles. The van der Waals surface area contributed by atoms with Crippen molar-refractivity contribution in [1.29, 1.82) is 0 Å². The largest absolute Gasteiger partial charge is 0.377 e. The van der Waals surface area contributed by atoms with E-state index in [9.17, 15) is 14.0 Å². The van der Waals surface area contributed by atoms with Crippen LogP contribution in [0.3, 0.4) is 0 Å². The summed E-state index contributed by atoms with van der Waals surface area (Å²) in [6, 6.07) is 8.80. The van der Waals surface area contributed by atoms with E-state index in [2.05, 4.69) is 23.3 Å². The van der Waals surface area contributed by atoms with Crippen molar-refractivity contribution in [2.45, 2.75) is 52.2 Å². The highest BCUT2D eigenvalue weighted by Gasteiger charge is 2.29. The summed E-state index contributed by atoms with van der Waals surface area (Å²) in [4.78, 5) is 23.4. The minimum Gasteiger partial charge on any atom is -0.377 e. The number of nitrogens with zero attached hydrogens (tertiary/aromatic N) is 2. The lowest BCUT2D eigenvalue weighted by Gasteiger charge is -2.19. The number of terminal acetylenes is 1. The normalized spacial score (nSPS) is 16.9. The van der Waals surface area contributed by atoms with Crippen LogP contribution in [0, 0.1) is 12.8 Å². The maximum atomic E-state index is 14.2. The SMILES string of the molecule is C#C.CC.CC(=O)c1ccc(-c2cc3c(N[C@@H]4CCC[C@@H]4F)c(C(N)=O)cnn3c2)cc1. The number of benzene rings is 1. The number of nitrogens with two attached hydrogens (primary N) is 1. The second-order valence-electron chi connectivity index (χ2n) is 7.19. The minimum absolute atomic E-state index is 0.00480. The number of ketones is 1. The third-order valence-corrected chi connectivity index (χ3v) is 5.29. The third kappa shape index (κ3) is 5.14. The number of carbonyl (C=O) groups excluding carboxylic acids is 2. The van der Waals surface area contributed by atoms with Crippen LogP contribution in [0.5, 0.6) is 0 Å². The zero-order valence-corrected chi connectivity index (χ0v) is 18.6. The van der Waals surface area contributed by atoms with Gasteiger partial charge in [-0.3, -0.25) is 9.59 Å². The molecule has 0 spiro atoms. The van der Waals surface area contributed by atoms with Gasteiger partial charge in [-0.2, -0.15) is 5.10 Å². The fraction of sp³-hybridized carbons (Fsp3) is 0.320. The van der Waals surface area contributed by atoms with Crippen molar-refractivity contribution in [1.82, 2.24) is 9.61 Å². The summed E-state index contributed by atoms with van der Waals surface area (Å²) in [5, 5.41) is 7.47. The van der Waals surface area contributed by atoms with Gasteiger partial charge in [0, 0.05) is 17.3 Å². The molecule has 6 nitrogen and oxygen atoms in total. The van der Waals surface area contributed by atoms with Gasteiger partial charge >= 0.3 is 0 Å². The van der Waals surface area contributed by atoms with E-state index in [1.54, 1.807) is 16.6 Å². The number of nitrogens with one attached hydrogen (secondary N) is 1. The molecule has 1 fully saturated rings. The van der Waals surface area contributed by atoms with E-state index in [0.717, 1.165) is 17.5 Å². The van der Waals surface area contributed by atoms with E-state index >= 15 is 0 Å². The Bertz CT molecular complexity index is 1100. The number of fused-ring (bicyclic) bond motifs is 1. The summed E-state index contributed by atoms with van der Waals surface area (Å²) in [7, 11) is 0. The topological polar surface area (TPSA) is 89.5 Å². The van der Waals surface area contributed by atoms with Crippen LogP contribution in [0.25, 0.3) is 16.6 Å². The Morgan fingerprint density at radius 2 is 1.81 bits per heavy atom. The Balaban J connectivity index is 0.000000860. The van der Waals surface area contributed by atoms with Gasteiger partial charge in [-0.15, -0.1) is 12.8 Å². The molecule has 2 aromatic heterocycles. The fourth-order valence-corrected chi connectivity index (χ4v) is 3.71. The standard InChI is InChI=1S/C21H21FN4O2.C2H6.C2H2/c1-12(27)13-5-7-14(8-6-13)15-9-19-20(25-18-4-2-3-17(18)22)16(21(23)28)10-24-26(19)11-15;2*1-2/h5-11,17-18,25H,2-4H2,1H3,(H2,23,28);1-2H3;1-2H/t17-,18+;;/m0../s1. The van der Waals surface area contributed by atoms with Gasteiger partial charge < -0.3 is 11.1 Å². The lowest BCUT2D eigenvalue weighted by molar-refractivity contribution is 0.0996. The summed E-state index contributed by atoms with van der Waals surface area (Å²) in [6.45, 7) is 5.52. The van der Waals surface area contributed by atoms with Gasteiger partial charge in [0.2, 0.25) is 0 Å². The molecule has 3 aromatic rings. The highest BCUT2D eigenvalue weighted by atomic mass is 19.1. The summed E-state index contributed by atoms with van der Waals surface area (Å²) in [5.41, 5.74) is 9.34. The number of Topliss-reactive ketones (excluding diaryl/α,β-unsaturated/α-hetero) is 1. The predicted molar refractivity (Wildman–Crippen MR) is 127 cm³/mol. The Kier molecular flexibility index (Phi) is 8.54. The molecule has 1 aromatic carbocycles. The molecule has 0 bridgehead atoms. The van der Waals surface area contributed by atoms with Crippen LogP contribution in [0.4, 0.5) is 10.1 Å². The molecular formula is C25H29FN4O2. The Morgan fingerprint density at radius 1 is 1.16 bits per heavy atom. The first-order chi connectivity index (χ1) is 15.4. The van der Waals surface area contributed by atoms with Gasteiger partial charge in [0.25, 0.3) is 5.91 Å². The van der Waals surface area contributed by atoms with Crippen LogP contribution in [0.2, 0.25) is 0 Å². The van der Waals surface area contributed by atoms with Crippen LogP contribution >= 0.6 is 0 Å². The molecule has 1 saturated carbocycles. The fourth-order valence-electron chi connectivity index (χ4n) is 3.71. The second kappa shape index (κ2) is 11.1. The number of hydrogen-bond acceptors (Lipinski definition) is 4. The van der Waals surface area contributed by atoms with Crippen molar-refractivity contribution in [2.24, 2.45) is 5.73 Å². The average molecular weight is 437 g/mol. The molecule has 0 aliphatic heterocycles. The summed E-state index contributed by atoms with van der Waals surface area (Å²) in [5.74, 6) is -0.607. The van der Waals surface area contributed by atoms with Gasteiger partial charge in [0.05, 0.1) is 29.0 Å². The summed E-state index contributed by atoms with van der Waals surface area (Å²) in [6.07, 6.45) is 12.3. The first-order valence-electron chi connectivity index (χ1n) is 10.6. The van der Waals surface area contributed by atoms with Crippen molar-refractivity contribution in [3.05, 3.63) is 53.9 Å². The molecule has 7 heteroatoms. The summed E-state index contributed by atoms with van der Waals surface area (Å²) < 4.78 is 15.8. The molecule has 4 rings (SSSR count). The predicted octanol–water partition coefficient (Wildman–Crippen LogP) is 4.88. The number of primary amides is 1. The van der Waals surface area contributed by atoms with Gasteiger partial charge in [-0.25, -0.2) is 8.91 Å². The van der Waals surface area contributed by atoms with E-state index in [1.807, 2.05) is 38.2 Å². The van der Waals surface area contributed by atoms with Gasteiger partial charge in [-0.05, 0) is 37.8 Å². The van der Waals surface area contributed by atoms with Crippen molar-refractivity contribution >= 4 is 22.9 Å². The van der Waals surface area contributed by atoms with Gasteiger partial charge in [-0.1, -0.05) is 38.1 Å². The zero-order chi connectivity index (χ0) is 23.8. The molecule has 1 aliphatic rings. The number of alkyl halides is 1. The minimum atomic E-state index is -0.956. The lowest BCUT2D eigenvalue weighted by Crippen LogP contribution is -2.27. The van der Waals surface area contributed by atoms with Crippen molar-refractivity contribution in [3.8, 4) is 24.0 Å². The van der Waals surface area contributed by atoms with E-state index in [-0.39, 0.29) is 17.4 Å². The van der Waals surface area contributed by atoms with Crippen molar-refractivity contribution in [3.63, 3.8) is 0 Å². The summed E-state index contributed by atoms with van der Waals surface area (Å²) >= 11 is 0. The number of rotatable bonds is 5.